The van der Waals surface area contributed by atoms with E-state index < -0.39 is 33.3 Å². The Labute approximate surface area is 131 Å². The monoisotopic (exact) mass is 339 g/mol. The van der Waals surface area contributed by atoms with Crippen LogP contribution in [-0.2, 0) is 14.3 Å². The molecule has 8 heteroatoms. The summed E-state index contributed by atoms with van der Waals surface area (Å²) in [4.78, 5) is 12.6. The van der Waals surface area contributed by atoms with Crippen molar-refractivity contribution in [1.29, 1.82) is 0 Å². The van der Waals surface area contributed by atoms with E-state index in [1.54, 1.807) is 0 Å². The number of piperidine rings is 1. The van der Waals surface area contributed by atoms with Gasteiger partial charge in [0.05, 0.1) is 18.9 Å². The van der Waals surface area contributed by atoms with Gasteiger partial charge < -0.3 is 10.0 Å². The molecule has 1 heterocycles. The molecule has 1 aliphatic rings. The average Bonchev–Trinajstić information content (AvgIpc) is 2.31. The smallest absolute Gasteiger partial charge is 0.407 e. The molecule has 1 N–H and O–H groups in total. The molecule has 1 aliphatic heterocycles. The summed E-state index contributed by atoms with van der Waals surface area (Å²) < 4.78 is 41.9. The van der Waals surface area contributed by atoms with Gasteiger partial charge in [0.25, 0.3) is 10.1 Å². The predicted molar refractivity (Wildman–Crippen MR) is 81.1 cm³/mol. The summed E-state index contributed by atoms with van der Waals surface area (Å²) in [6, 6.07) is -0.760. The van der Waals surface area contributed by atoms with Gasteiger partial charge in [0.15, 0.2) is 0 Å². The quantitative estimate of drug-likeness (QED) is 0.615. The van der Waals surface area contributed by atoms with Gasteiger partial charge in [-0.25, -0.2) is 9.18 Å². The fourth-order valence-corrected chi connectivity index (χ4v) is 3.80. The summed E-state index contributed by atoms with van der Waals surface area (Å²) in [6.45, 7) is 5.69. The SMILES string of the molecule is CC(C)(C)C1N(C(=O)O)CCCC1(F)CCCOS(C)(=O)=O. The molecule has 0 saturated carbocycles. The van der Waals surface area contributed by atoms with Crippen molar-refractivity contribution >= 4 is 16.2 Å². The fourth-order valence-electron chi connectivity index (χ4n) is 3.38. The third-order valence-electron chi connectivity index (χ3n) is 3.89. The lowest BCUT2D eigenvalue weighted by Crippen LogP contribution is -2.61. The van der Waals surface area contributed by atoms with E-state index in [1.165, 1.54) is 4.90 Å². The molecule has 0 bridgehead atoms. The summed E-state index contributed by atoms with van der Waals surface area (Å²) in [6.07, 6.45) is 0.870. The zero-order valence-corrected chi connectivity index (χ0v) is 14.5. The molecule has 6 nitrogen and oxygen atoms in total. The van der Waals surface area contributed by atoms with Crippen LogP contribution in [0.1, 0.15) is 46.5 Å². The number of likely N-dealkylation sites (tertiary alicyclic amines) is 1. The van der Waals surface area contributed by atoms with Crippen LogP contribution < -0.4 is 0 Å². The van der Waals surface area contributed by atoms with Gasteiger partial charge in [0.2, 0.25) is 0 Å². The largest absolute Gasteiger partial charge is 0.465 e. The third-order valence-corrected chi connectivity index (χ3v) is 4.49. The standard InChI is InChI=1S/C14H26FNO5S/c1-13(2,3)11-14(15,7-5-9-16(11)12(17)18)8-6-10-21-22(4,19)20/h11H,5-10H2,1-4H3,(H,17,18). The van der Waals surface area contributed by atoms with E-state index >= 15 is 4.39 Å². The first-order chi connectivity index (χ1) is 9.87. The van der Waals surface area contributed by atoms with E-state index in [9.17, 15) is 18.3 Å². The average molecular weight is 339 g/mol. The number of halogens is 1. The van der Waals surface area contributed by atoms with Crippen LogP contribution in [0.4, 0.5) is 9.18 Å². The molecule has 1 saturated heterocycles. The number of nitrogens with zero attached hydrogens (tertiary/aromatic N) is 1. The normalized spacial score (nSPS) is 27.0. The van der Waals surface area contributed by atoms with Crippen molar-refractivity contribution in [2.45, 2.75) is 58.2 Å². The van der Waals surface area contributed by atoms with Crippen LogP contribution in [0.25, 0.3) is 0 Å². The van der Waals surface area contributed by atoms with Gasteiger partial charge in [-0.3, -0.25) is 4.18 Å². The van der Waals surface area contributed by atoms with Gasteiger partial charge >= 0.3 is 6.09 Å². The zero-order valence-electron chi connectivity index (χ0n) is 13.6. The number of amides is 1. The van der Waals surface area contributed by atoms with E-state index in [0.29, 0.717) is 13.0 Å². The Kier molecular flexibility index (Phi) is 5.83. The van der Waals surface area contributed by atoms with Gasteiger partial charge in [-0.1, -0.05) is 20.8 Å². The van der Waals surface area contributed by atoms with Crippen molar-refractivity contribution in [3.63, 3.8) is 0 Å². The molecular weight excluding hydrogens is 313 g/mol. The van der Waals surface area contributed by atoms with Crippen LogP contribution in [0.3, 0.4) is 0 Å². The van der Waals surface area contributed by atoms with Crippen molar-refractivity contribution in [3.8, 4) is 0 Å². The second-order valence-electron chi connectivity index (χ2n) is 7.01. The molecule has 0 aliphatic carbocycles. The first kappa shape index (κ1) is 19.2. The van der Waals surface area contributed by atoms with E-state index in [2.05, 4.69) is 4.18 Å². The number of carbonyl (C=O) groups is 1. The van der Waals surface area contributed by atoms with Gasteiger partial charge in [0.1, 0.15) is 5.67 Å². The molecule has 1 fully saturated rings. The molecule has 0 aromatic carbocycles. The first-order valence-corrected chi connectivity index (χ1v) is 9.21. The summed E-state index contributed by atoms with van der Waals surface area (Å²) in [5.41, 5.74) is -2.22. The summed E-state index contributed by atoms with van der Waals surface area (Å²) >= 11 is 0. The summed E-state index contributed by atoms with van der Waals surface area (Å²) in [5, 5.41) is 9.34. The molecule has 0 aromatic heterocycles. The second kappa shape index (κ2) is 6.70. The summed E-state index contributed by atoms with van der Waals surface area (Å²) in [5.74, 6) is 0. The van der Waals surface area contributed by atoms with Crippen LogP contribution in [0, 0.1) is 5.41 Å². The lowest BCUT2D eigenvalue weighted by atomic mass is 9.70. The Morgan fingerprint density at radius 2 is 2.05 bits per heavy atom. The number of alkyl halides is 1. The minimum atomic E-state index is -3.54. The molecule has 1 rings (SSSR count). The minimum Gasteiger partial charge on any atom is -0.465 e. The van der Waals surface area contributed by atoms with Crippen molar-refractivity contribution in [2.24, 2.45) is 5.41 Å². The highest BCUT2D eigenvalue weighted by Crippen LogP contribution is 2.43. The lowest BCUT2D eigenvalue weighted by Gasteiger charge is -2.50. The van der Waals surface area contributed by atoms with Gasteiger partial charge in [-0.05, 0) is 31.1 Å². The van der Waals surface area contributed by atoms with Gasteiger partial charge in [-0.15, -0.1) is 0 Å². The molecule has 0 spiro atoms. The molecule has 1 amide bonds. The molecular formula is C14H26FNO5S. The first-order valence-electron chi connectivity index (χ1n) is 7.40. The summed E-state index contributed by atoms with van der Waals surface area (Å²) in [7, 11) is -3.54. The number of hydrogen-bond acceptors (Lipinski definition) is 4. The molecule has 130 valence electrons. The molecule has 2 atom stereocenters. The van der Waals surface area contributed by atoms with Crippen molar-refractivity contribution < 1.29 is 26.9 Å². The van der Waals surface area contributed by atoms with Crippen molar-refractivity contribution in [2.75, 3.05) is 19.4 Å². The molecule has 0 aromatic rings. The Hall–Kier alpha value is -0.890. The Bertz CT molecular complexity index is 502. The van der Waals surface area contributed by atoms with Crippen molar-refractivity contribution in [3.05, 3.63) is 0 Å². The van der Waals surface area contributed by atoms with Gasteiger partial charge in [0, 0.05) is 6.54 Å². The van der Waals surface area contributed by atoms with Crippen LogP contribution in [0.2, 0.25) is 0 Å². The van der Waals surface area contributed by atoms with E-state index in [0.717, 1.165) is 6.26 Å². The fraction of sp³-hybridized carbons (Fsp3) is 0.929. The van der Waals surface area contributed by atoms with Gasteiger partial charge in [-0.2, -0.15) is 8.42 Å². The zero-order chi connectivity index (χ0) is 17.2. The maximum absolute atomic E-state index is 15.5. The predicted octanol–water partition coefficient (Wildman–Crippen LogP) is 2.64. The topological polar surface area (TPSA) is 83.9 Å². The number of rotatable bonds is 5. The van der Waals surface area contributed by atoms with Crippen LogP contribution in [0.15, 0.2) is 0 Å². The highest BCUT2D eigenvalue weighted by molar-refractivity contribution is 7.85. The van der Waals surface area contributed by atoms with Crippen LogP contribution in [0.5, 0.6) is 0 Å². The third kappa shape index (κ3) is 5.08. The maximum Gasteiger partial charge on any atom is 0.407 e. The Morgan fingerprint density at radius 1 is 1.45 bits per heavy atom. The molecule has 2 unspecified atom stereocenters. The van der Waals surface area contributed by atoms with E-state index in [4.69, 9.17) is 0 Å². The van der Waals surface area contributed by atoms with Crippen LogP contribution in [-0.4, -0.2) is 55.6 Å². The number of carboxylic acid groups (broad SMARTS) is 1. The molecule has 22 heavy (non-hydrogen) atoms. The Balaban J connectivity index is 2.84. The van der Waals surface area contributed by atoms with Crippen LogP contribution >= 0.6 is 0 Å². The molecule has 0 radical (unpaired) electrons. The van der Waals surface area contributed by atoms with E-state index in [-0.39, 0.29) is 25.9 Å². The van der Waals surface area contributed by atoms with E-state index in [1.807, 2.05) is 20.8 Å². The van der Waals surface area contributed by atoms with Crippen molar-refractivity contribution in [1.82, 2.24) is 4.90 Å². The maximum atomic E-state index is 15.5. The Morgan fingerprint density at radius 3 is 2.50 bits per heavy atom. The second-order valence-corrected chi connectivity index (χ2v) is 8.66. The highest BCUT2D eigenvalue weighted by Gasteiger charge is 2.51. The lowest BCUT2D eigenvalue weighted by molar-refractivity contribution is -0.0638. The number of hydrogen-bond donors (Lipinski definition) is 1. The minimum absolute atomic E-state index is 0.0776. The highest BCUT2D eigenvalue weighted by atomic mass is 32.2.